The molecule has 1 atom stereocenters. The number of amides is 3. The summed E-state index contributed by atoms with van der Waals surface area (Å²) in [5.74, 6) is -0.225. The second-order valence-electron chi connectivity index (χ2n) is 9.51. The standard InChI is InChI=1S/C23H33N7O2/c1-17-15-27(11-12-28(17)19-4-7-26(2)8-5-19)16-18-3-10-30-20(13-18)21(14-24-30)29-9-6-22(31)25-23(29)32/h3,10,13-14,17,19H,4-9,11-12,15-16H2,1-2H3,(H,25,31,32)/t17-/m0/s1. The van der Waals surface area contributed by atoms with E-state index in [0.717, 1.165) is 43.4 Å². The van der Waals surface area contributed by atoms with Crippen LogP contribution in [0.5, 0.6) is 0 Å². The Morgan fingerprint density at radius 3 is 2.69 bits per heavy atom. The lowest BCUT2D eigenvalue weighted by atomic mass is 10.00. The summed E-state index contributed by atoms with van der Waals surface area (Å²) in [4.78, 5) is 33.1. The van der Waals surface area contributed by atoms with Crippen molar-refractivity contribution >= 4 is 23.1 Å². The molecule has 9 nitrogen and oxygen atoms in total. The molecular weight excluding hydrogens is 406 g/mol. The molecule has 2 aromatic rings. The number of carbonyl (C=O) groups excluding carboxylic acids is 2. The summed E-state index contributed by atoms with van der Waals surface area (Å²) in [5, 5.41) is 6.80. The molecule has 3 aliphatic heterocycles. The van der Waals surface area contributed by atoms with Crippen molar-refractivity contribution in [1.29, 1.82) is 0 Å². The lowest BCUT2D eigenvalue weighted by Crippen LogP contribution is -2.56. The van der Waals surface area contributed by atoms with Gasteiger partial charge in [-0.2, -0.15) is 5.10 Å². The van der Waals surface area contributed by atoms with Gasteiger partial charge in [-0.15, -0.1) is 0 Å². The fourth-order valence-electron chi connectivity index (χ4n) is 5.43. The van der Waals surface area contributed by atoms with Crippen LogP contribution in [0.1, 0.15) is 31.7 Å². The number of urea groups is 1. The molecule has 0 aliphatic carbocycles. The predicted octanol–water partition coefficient (Wildman–Crippen LogP) is 1.38. The maximum absolute atomic E-state index is 12.3. The molecular formula is C23H33N7O2. The third-order valence-electron chi connectivity index (χ3n) is 7.24. The van der Waals surface area contributed by atoms with Gasteiger partial charge in [0.15, 0.2) is 0 Å². The minimum Gasteiger partial charge on any atom is -0.306 e. The Labute approximate surface area is 188 Å². The molecule has 3 aliphatic rings. The maximum atomic E-state index is 12.3. The number of piperazine rings is 1. The summed E-state index contributed by atoms with van der Waals surface area (Å²) in [6.07, 6.45) is 6.52. The summed E-state index contributed by atoms with van der Waals surface area (Å²) in [7, 11) is 2.22. The number of likely N-dealkylation sites (tertiary alicyclic amines) is 1. The minimum absolute atomic E-state index is 0.225. The molecule has 5 heterocycles. The Morgan fingerprint density at radius 1 is 1.12 bits per heavy atom. The van der Waals surface area contributed by atoms with E-state index < -0.39 is 0 Å². The number of anilines is 1. The number of rotatable bonds is 4. The van der Waals surface area contributed by atoms with E-state index >= 15 is 0 Å². The van der Waals surface area contributed by atoms with Crippen LogP contribution in [-0.2, 0) is 11.3 Å². The molecule has 172 valence electrons. The van der Waals surface area contributed by atoms with Gasteiger partial charge in [0, 0.05) is 57.4 Å². The summed E-state index contributed by atoms with van der Waals surface area (Å²) in [5.41, 5.74) is 2.86. The highest BCUT2D eigenvalue weighted by atomic mass is 16.2. The van der Waals surface area contributed by atoms with Crippen molar-refractivity contribution in [2.45, 2.75) is 44.8 Å². The van der Waals surface area contributed by atoms with Gasteiger partial charge in [-0.05, 0) is 57.6 Å². The van der Waals surface area contributed by atoms with Crippen molar-refractivity contribution in [3.05, 3.63) is 30.1 Å². The molecule has 5 rings (SSSR count). The van der Waals surface area contributed by atoms with Gasteiger partial charge in [-0.1, -0.05) is 0 Å². The smallest absolute Gasteiger partial charge is 0.306 e. The van der Waals surface area contributed by atoms with Gasteiger partial charge in [0.2, 0.25) is 5.91 Å². The highest BCUT2D eigenvalue weighted by molar-refractivity contribution is 6.07. The molecule has 0 aromatic carbocycles. The lowest BCUT2D eigenvalue weighted by molar-refractivity contribution is -0.120. The number of hydrogen-bond donors (Lipinski definition) is 1. The van der Waals surface area contributed by atoms with Crippen LogP contribution in [0.25, 0.3) is 5.52 Å². The molecule has 0 spiro atoms. The molecule has 0 bridgehead atoms. The van der Waals surface area contributed by atoms with Gasteiger partial charge in [0.1, 0.15) is 0 Å². The summed E-state index contributed by atoms with van der Waals surface area (Å²) in [6.45, 7) is 9.30. The first-order chi connectivity index (χ1) is 15.5. The quantitative estimate of drug-likeness (QED) is 0.776. The van der Waals surface area contributed by atoms with E-state index in [9.17, 15) is 9.59 Å². The molecule has 3 saturated heterocycles. The number of nitrogens with zero attached hydrogens (tertiary/aromatic N) is 6. The van der Waals surface area contributed by atoms with E-state index in [0.29, 0.717) is 19.0 Å². The zero-order valence-electron chi connectivity index (χ0n) is 19.0. The van der Waals surface area contributed by atoms with Crippen molar-refractivity contribution in [2.24, 2.45) is 0 Å². The van der Waals surface area contributed by atoms with E-state index in [1.165, 1.54) is 31.5 Å². The average Bonchev–Trinajstić information content (AvgIpc) is 3.18. The van der Waals surface area contributed by atoms with Crippen LogP contribution in [-0.4, -0.2) is 94.7 Å². The second kappa shape index (κ2) is 8.80. The number of piperidine rings is 1. The Kier molecular flexibility index (Phi) is 5.88. The highest BCUT2D eigenvalue weighted by Gasteiger charge is 2.31. The van der Waals surface area contributed by atoms with Crippen LogP contribution in [0.15, 0.2) is 24.5 Å². The van der Waals surface area contributed by atoms with Crippen molar-refractivity contribution in [1.82, 2.24) is 29.6 Å². The highest BCUT2D eigenvalue weighted by Crippen LogP contribution is 2.26. The fraction of sp³-hybridized carbons (Fsp3) is 0.609. The zero-order valence-corrected chi connectivity index (χ0v) is 19.0. The third kappa shape index (κ3) is 4.24. The molecule has 32 heavy (non-hydrogen) atoms. The SMILES string of the molecule is C[C@H]1CN(Cc2ccn3ncc(N4CCC(=O)NC4=O)c3c2)CCN1C1CCN(C)CC1. The summed E-state index contributed by atoms with van der Waals surface area (Å²) >= 11 is 0. The number of nitrogens with one attached hydrogen (secondary N) is 1. The van der Waals surface area contributed by atoms with Gasteiger partial charge < -0.3 is 4.90 Å². The summed E-state index contributed by atoms with van der Waals surface area (Å²) < 4.78 is 1.79. The zero-order chi connectivity index (χ0) is 22.2. The van der Waals surface area contributed by atoms with Crippen LogP contribution in [0.3, 0.4) is 0 Å². The molecule has 3 amide bonds. The molecule has 0 radical (unpaired) electrons. The largest absolute Gasteiger partial charge is 0.328 e. The number of hydrogen-bond acceptors (Lipinski definition) is 6. The number of fused-ring (bicyclic) bond motifs is 1. The van der Waals surface area contributed by atoms with E-state index in [-0.39, 0.29) is 11.9 Å². The van der Waals surface area contributed by atoms with Crippen molar-refractivity contribution in [2.75, 3.05) is 51.2 Å². The Morgan fingerprint density at radius 2 is 1.94 bits per heavy atom. The number of aromatic nitrogens is 2. The van der Waals surface area contributed by atoms with Crippen molar-refractivity contribution in [3.8, 4) is 0 Å². The Balaban J connectivity index is 1.26. The van der Waals surface area contributed by atoms with Gasteiger partial charge in [0.05, 0.1) is 17.4 Å². The van der Waals surface area contributed by atoms with Crippen LogP contribution < -0.4 is 10.2 Å². The number of imide groups is 1. The molecule has 0 unspecified atom stereocenters. The van der Waals surface area contributed by atoms with Crippen LogP contribution >= 0.6 is 0 Å². The van der Waals surface area contributed by atoms with Gasteiger partial charge in [-0.3, -0.25) is 24.8 Å². The number of carbonyl (C=O) groups is 2. The molecule has 9 heteroatoms. The first-order valence-corrected chi connectivity index (χ1v) is 11.7. The average molecular weight is 440 g/mol. The predicted molar refractivity (Wildman–Crippen MR) is 123 cm³/mol. The summed E-state index contributed by atoms with van der Waals surface area (Å²) in [6, 6.07) is 5.13. The number of pyridine rings is 1. The monoisotopic (exact) mass is 439 g/mol. The molecule has 3 fully saturated rings. The molecule has 2 aromatic heterocycles. The normalized spacial score (nSPS) is 24.9. The second-order valence-corrected chi connectivity index (χ2v) is 9.51. The fourth-order valence-corrected chi connectivity index (χ4v) is 5.43. The third-order valence-corrected chi connectivity index (χ3v) is 7.24. The minimum atomic E-state index is -0.375. The van der Waals surface area contributed by atoms with Crippen LogP contribution in [0.2, 0.25) is 0 Å². The topological polar surface area (TPSA) is 76.4 Å². The van der Waals surface area contributed by atoms with E-state index in [1.54, 1.807) is 15.6 Å². The maximum Gasteiger partial charge on any atom is 0.328 e. The van der Waals surface area contributed by atoms with Gasteiger partial charge >= 0.3 is 6.03 Å². The lowest BCUT2D eigenvalue weighted by Gasteiger charge is -2.46. The van der Waals surface area contributed by atoms with Crippen molar-refractivity contribution < 1.29 is 9.59 Å². The molecule has 0 saturated carbocycles. The first kappa shape index (κ1) is 21.4. The molecule has 1 N–H and O–H groups in total. The van der Waals surface area contributed by atoms with E-state index in [1.807, 2.05) is 6.20 Å². The van der Waals surface area contributed by atoms with Crippen LogP contribution in [0.4, 0.5) is 10.5 Å². The van der Waals surface area contributed by atoms with E-state index in [2.05, 4.69) is 51.2 Å². The first-order valence-electron chi connectivity index (χ1n) is 11.7. The van der Waals surface area contributed by atoms with Gasteiger partial charge in [0.25, 0.3) is 0 Å². The van der Waals surface area contributed by atoms with E-state index in [4.69, 9.17) is 0 Å². The Hall–Kier alpha value is -2.49. The van der Waals surface area contributed by atoms with Gasteiger partial charge in [-0.25, -0.2) is 9.31 Å². The van der Waals surface area contributed by atoms with Crippen LogP contribution in [0, 0.1) is 0 Å². The van der Waals surface area contributed by atoms with Crippen molar-refractivity contribution in [3.63, 3.8) is 0 Å². The Bertz CT molecular complexity index is 997.